The standard InChI is InChI=1S/C23H29NO3/c1-4-17(3)21(18-10-7-6-8-11-18)23(25)24(5-2)16-19-12-9-13-20-22(19)27-15-14-26-20/h6-13,17,21H,4-5,14-16H2,1-3H3. The van der Waals surface area contributed by atoms with Crippen molar-refractivity contribution in [1.29, 1.82) is 0 Å². The number of para-hydroxylation sites is 1. The Hall–Kier alpha value is -2.49. The highest BCUT2D eigenvalue weighted by Crippen LogP contribution is 2.35. The molecule has 0 saturated heterocycles. The molecular formula is C23H29NO3. The zero-order valence-corrected chi connectivity index (χ0v) is 16.5. The molecule has 1 aliphatic heterocycles. The van der Waals surface area contributed by atoms with Gasteiger partial charge in [-0.1, -0.05) is 62.7 Å². The summed E-state index contributed by atoms with van der Waals surface area (Å²) in [4.78, 5) is 15.4. The molecular weight excluding hydrogens is 338 g/mol. The van der Waals surface area contributed by atoms with Gasteiger partial charge in [-0.2, -0.15) is 0 Å². The van der Waals surface area contributed by atoms with Gasteiger partial charge in [-0.25, -0.2) is 0 Å². The summed E-state index contributed by atoms with van der Waals surface area (Å²) in [7, 11) is 0. The first-order valence-corrected chi connectivity index (χ1v) is 9.86. The molecule has 2 unspecified atom stereocenters. The van der Waals surface area contributed by atoms with Crippen molar-refractivity contribution in [3.63, 3.8) is 0 Å². The Kier molecular flexibility index (Phi) is 6.38. The van der Waals surface area contributed by atoms with Crippen LogP contribution in [-0.2, 0) is 11.3 Å². The normalized spacial score (nSPS) is 15.1. The third-order valence-electron chi connectivity index (χ3n) is 5.34. The number of fused-ring (bicyclic) bond motifs is 1. The zero-order chi connectivity index (χ0) is 19.2. The quantitative estimate of drug-likeness (QED) is 0.716. The minimum atomic E-state index is -0.132. The number of carbonyl (C=O) groups is 1. The predicted molar refractivity (Wildman–Crippen MR) is 107 cm³/mol. The molecule has 0 fully saturated rings. The van der Waals surface area contributed by atoms with Gasteiger partial charge in [0.1, 0.15) is 13.2 Å². The molecule has 0 radical (unpaired) electrons. The molecule has 27 heavy (non-hydrogen) atoms. The van der Waals surface area contributed by atoms with Crippen molar-refractivity contribution < 1.29 is 14.3 Å². The summed E-state index contributed by atoms with van der Waals surface area (Å²) < 4.78 is 11.5. The van der Waals surface area contributed by atoms with E-state index in [9.17, 15) is 4.79 Å². The highest BCUT2D eigenvalue weighted by molar-refractivity contribution is 5.84. The number of carbonyl (C=O) groups excluding carboxylic acids is 1. The van der Waals surface area contributed by atoms with Crippen molar-refractivity contribution in [2.75, 3.05) is 19.8 Å². The van der Waals surface area contributed by atoms with E-state index in [2.05, 4.69) is 26.0 Å². The Morgan fingerprint density at radius 1 is 1.04 bits per heavy atom. The Labute approximate surface area is 162 Å². The lowest BCUT2D eigenvalue weighted by molar-refractivity contribution is -0.134. The van der Waals surface area contributed by atoms with E-state index in [1.54, 1.807) is 0 Å². The number of benzene rings is 2. The molecule has 2 atom stereocenters. The van der Waals surface area contributed by atoms with Crippen molar-refractivity contribution in [3.8, 4) is 11.5 Å². The van der Waals surface area contributed by atoms with E-state index >= 15 is 0 Å². The maximum absolute atomic E-state index is 13.5. The van der Waals surface area contributed by atoms with E-state index in [1.165, 1.54) is 0 Å². The molecule has 0 spiro atoms. The van der Waals surface area contributed by atoms with Crippen molar-refractivity contribution in [2.24, 2.45) is 5.92 Å². The van der Waals surface area contributed by atoms with Gasteiger partial charge in [0, 0.05) is 18.7 Å². The Balaban J connectivity index is 1.87. The van der Waals surface area contributed by atoms with Gasteiger partial charge in [0.15, 0.2) is 11.5 Å². The molecule has 3 rings (SSSR count). The second-order valence-electron chi connectivity index (χ2n) is 7.07. The second-order valence-corrected chi connectivity index (χ2v) is 7.07. The molecule has 2 aromatic carbocycles. The number of rotatable bonds is 7. The first-order chi connectivity index (χ1) is 13.2. The third kappa shape index (κ3) is 4.26. The summed E-state index contributed by atoms with van der Waals surface area (Å²) in [6, 6.07) is 16.0. The topological polar surface area (TPSA) is 38.8 Å². The third-order valence-corrected chi connectivity index (χ3v) is 5.34. The van der Waals surface area contributed by atoms with Gasteiger partial charge in [0.2, 0.25) is 5.91 Å². The number of hydrogen-bond donors (Lipinski definition) is 0. The highest BCUT2D eigenvalue weighted by atomic mass is 16.6. The summed E-state index contributed by atoms with van der Waals surface area (Å²) in [5, 5.41) is 0. The summed E-state index contributed by atoms with van der Waals surface area (Å²) >= 11 is 0. The van der Waals surface area contributed by atoms with Crippen LogP contribution in [-0.4, -0.2) is 30.6 Å². The van der Waals surface area contributed by atoms with Gasteiger partial charge in [0.25, 0.3) is 0 Å². The summed E-state index contributed by atoms with van der Waals surface area (Å²) in [6.45, 7) is 8.63. The minimum Gasteiger partial charge on any atom is -0.486 e. The molecule has 0 bridgehead atoms. The van der Waals surface area contributed by atoms with Crippen LogP contribution in [0.5, 0.6) is 11.5 Å². The van der Waals surface area contributed by atoms with Crippen molar-refractivity contribution >= 4 is 5.91 Å². The molecule has 4 heteroatoms. The Bertz CT molecular complexity index is 759. The molecule has 2 aromatic rings. The Morgan fingerprint density at radius 3 is 2.48 bits per heavy atom. The second kappa shape index (κ2) is 8.94. The lowest BCUT2D eigenvalue weighted by atomic mass is 9.84. The lowest BCUT2D eigenvalue weighted by Crippen LogP contribution is -2.37. The molecule has 0 aliphatic carbocycles. The number of nitrogens with zero attached hydrogens (tertiary/aromatic N) is 1. The number of ether oxygens (including phenoxy) is 2. The number of hydrogen-bond acceptors (Lipinski definition) is 3. The van der Waals surface area contributed by atoms with Crippen LogP contribution in [0.3, 0.4) is 0 Å². The maximum Gasteiger partial charge on any atom is 0.230 e. The van der Waals surface area contributed by atoms with Crippen LogP contribution < -0.4 is 9.47 Å². The van der Waals surface area contributed by atoms with Crippen molar-refractivity contribution in [2.45, 2.75) is 39.7 Å². The van der Waals surface area contributed by atoms with E-state index in [4.69, 9.17) is 9.47 Å². The van der Waals surface area contributed by atoms with Gasteiger partial charge in [-0.05, 0) is 24.5 Å². The summed E-state index contributed by atoms with van der Waals surface area (Å²) in [5.74, 6) is 1.86. The monoisotopic (exact) mass is 367 g/mol. The van der Waals surface area contributed by atoms with Gasteiger partial charge < -0.3 is 14.4 Å². The predicted octanol–water partition coefficient (Wildman–Crippen LogP) is 4.64. The molecule has 0 N–H and O–H groups in total. The van der Waals surface area contributed by atoms with Crippen LogP contribution in [0.4, 0.5) is 0 Å². The van der Waals surface area contributed by atoms with E-state index in [0.29, 0.717) is 26.3 Å². The fourth-order valence-corrected chi connectivity index (χ4v) is 3.62. The number of amides is 1. The first kappa shape index (κ1) is 19.3. The van der Waals surface area contributed by atoms with Crippen LogP contribution >= 0.6 is 0 Å². The minimum absolute atomic E-state index is 0.132. The Morgan fingerprint density at radius 2 is 1.78 bits per heavy atom. The zero-order valence-electron chi connectivity index (χ0n) is 16.5. The molecule has 1 heterocycles. The molecule has 1 aliphatic rings. The molecule has 0 aromatic heterocycles. The smallest absolute Gasteiger partial charge is 0.230 e. The SMILES string of the molecule is CCC(C)C(C(=O)N(CC)Cc1cccc2c1OCCO2)c1ccccc1. The van der Waals surface area contributed by atoms with Gasteiger partial charge in [-0.15, -0.1) is 0 Å². The fraction of sp³-hybridized carbons (Fsp3) is 0.435. The van der Waals surface area contributed by atoms with Crippen LogP contribution in [0.1, 0.15) is 44.2 Å². The van der Waals surface area contributed by atoms with E-state index in [-0.39, 0.29) is 17.7 Å². The molecule has 144 valence electrons. The highest BCUT2D eigenvalue weighted by Gasteiger charge is 2.30. The van der Waals surface area contributed by atoms with Crippen LogP contribution in [0, 0.1) is 5.92 Å². The van der Waals surface area contributed by atoms with E-state index < -0.39 is 0 Å². The maximum atomic E-state index is 13.5. The average molecular weight is 367 g/mol. The first-order valence-electron chi connectivity index (χ1n) is 9.86. The molecule has 1 amide bonds. The van der Waals surface area contributed by atoms with Gasteiger partial charge in [-0.3, -0.25) is 4.79 Å². The van der Waals surface area contributed by atoms with Crippen molar-refractivity contribution in [1.82, 2.24) is 4.90 Å². The van der Waals surface area contributed by atoms with Crippen LogP contribution in [0.25, 0.3) is 0 Å². The average Bonchev–Trinajstić information content (AvgIpc) is 2.72. The van der Waals surface area contributed by atoms with E-state index in [0.717, 1.165) is 29.0 Å². The summed E-state index contributed by atoms with van der Waals surface area (Å²) in [6.07, 6.45) is 0.959. The molecule has 0 saturated carbocycles. The van der Waals surface area contributed by atoms with Gasteiger partial charge in [0.05, 0.1) is 5.92 Å². The fourth-order valence-electron chi connectivity index (χ4n) is 3.62. The largest absolute Gasteiger partial charge is 0.486 e. The van der Waals surface area contributed by atoms with Crippen LogP contribution in [0.2, 0.25) is 0 Å². The molecule has 4 nitrogen and oxygen atoms in total. The van der Waals surface area contributed by atoms with Gasteiger partial charge >= 0.3 is 0 Å². The lowest BCUT2D eigenvalue weighted by Gasteiger charge is -2.31. The summed E-state index contributed by atoms with van der Waals surface area (Å²) in [5.41, 5.74) is 2.09. The van der Waals surface area contributed by atoms with Crippen molar-refractivity contribution in [3.05, 3.63) is 59.7 Å². The van der Waals surface area contributed by atoms with Crippen LogP contribution in [0.15, 0.2) is 48.5 Å². The van der Waals surface area contributed by atoms with E-state index in [1.807, 2.05) is 48.2 Å². The number of likely N-dealkylation sites (N-methyl/N-ethyl adjacent to an activating group) is 1.